The van der Waals surface area contributed by atoms with E-state index in [1.54, 1.807) is 12.1 Å². The number of hydrogen-bond donors (Lipinski definition) is 4. The van der Waals surface area contributed by atoms with Gasteiger partial charge in [0, 0.05) is 18.7 Å². The molecule has 41 heavy (non-hydrogen) atoms. The van der Waals surface area contributed by atoms with Crippen LogP contribution in [0.4, 0.5) is 18.9 Å². The van der Waals surface area contributed by atoms with E-state index in [-0.39, 0.29) is 11.8 Å². The van der Waals surface area contributed by atoms with Crippen LogP contribution in [0.3, 0.4) is 0 Å². The van der Waals surface area contributed by atoms with Crippen molar-refractivity contribution in [2.75, 3.05) is 5.73 Å². The van der Waals surface area contributed by atoms with E-state index in [9.17, 15) is 22.8 Å². The fraction of sp³-hybridized carbons (Fsp3) is 0.300. The molecule has 0 spiro atoms. The lowest BCUT2D eigenvalue weighted by molar-refractivity contribution is -0.192. The summed E-state index contributed by atoms with van der Waals surface area (Å²) in [6, 6.07) is 23.7. The lowest BCUT2D eigenvalue weighted by Gasteiger charge is -2.19. The average Bonchev–Trinajstić information content (AvgIpc) is 2.95. The van der Waals surface area contributed by atoms with Crippen molar-refractivity contribution in [2.45, 2.75) is 58.0 Å². The van der Waals surface area contributed by atoms with Gasteiger partial charge in [0.25, 0.3) is 0 Å². The molecule has 0 aliphatic carbocycles. The van der Waals surface area contributed by atoms with Gasteiger partial charge in [0.1, 0.15) is 18.4 Å². The van der Waals surface area contributed by atoms with Crippen LogP contribution < -0.4 is 21.1 Å². The summed E-state index contributed by atoms with van der Waals surface area (Å²) in [5, 5.41) is 13.0. The van der Waals surface area contributed by atoms with Crippen molar-refractivity contribution in [2.24, 2.45) is 0 Å². The predicted octanol–water partition coefficient (Wildman–Crippen LogP) is 5.54. The van der Waals surface area contributed by atoms with Gasteiger partial charge in [-0.15, -0.1) is 0 Å². The number of nitrogen functional groups attached to an aromatic ring is 1. The Morgan fingerprint density at radius 3 is 2.07 bits per heavy atom. The summed E-state index contributed by atoms with van der Waals surface area (Å²) in [6.45, 7) is 2.90. The van der Waals surface area contributed by atoms with Crippen molar-refractivity contribution >= 4 is 23.5 Å². The Hall–Kier alpha value is -4.54. The lowest BCUT2D eigenvalue weighted by atomic mass is 10.0. The molecule has 3 aromatic carbocycles. The van der Waals surface area contributed by atoms with Crippen LogP contribution in [0.2, 0.25) is 0 Å². The standard InChI is InChI=1S/C28H33N3O3.C2HF3O2/c1-2-3-5-10-26(32)31-27(28(33)30-19-21-11-15-24(29)16-12-21)23-13-17-25(18-14-23)34-20-22-8-6-4-7-9-22;3-2(4,5)1(6)7/h4,6-9,11-18,27H,2-3,5,10,19-20,29H2,1H3,(H,30,33)(H,31,32);(H,6,7)/t27-;/m0./s1. The minimum absolute atomic E-state index is 0.134. The molecule has 0 fully saturated rings. The third-order valence-electron chi connectivity index (χ3n) is 5.73. The fourth-order valence-electron chi connectivity index (χ4n) is 3.49. The molecule has 3 rings (SSSR count). The van der Waals surface area contributed by atoms with Crippen LogP contribution in [0.5, 0.6) is 5.75 Å². The van der Waals surface area contributed by atoms with E-state index >= 15 is 0 Å². The molecule has 8 nitrogen and oxygen atoms in total. The molecule has 0 aromatic heterocycles. The Morgan fingerprint density at radius 1 is 0.902 bits per heavy atom. The molecule has 0 radical (unpaired) electrons. The van der Waals surface area contributed by atoms with Crippen LogP contribution in [0.15, 0.2) is 78.9 Å². The number of carbonyl (C=O) groups excluding carboxylic acids is 2. The number of alkyl halides is 3. The highest BCUT2D eigenvalue weighted by molar-refractivity contribution is 5.88. The Labute approximate surface area is 236 Å². The molecule has 0 aliphatic rings. The molecule has 0 unspecified atom stereocenters. The Balaban J connectivity index is 0.000000745. The molecule has 5 N–H and O–H groups in total. The minimum atomic E-state index is -5.08. The van der Waals surface area contributed by atoms with Gasteiger partial charge in [-0.05, 0) is 47.4 Å². The van der Waals surface area contributed by atoms with Crippen molar-refractivity contribution in [1.29, 1.82) is 0 Å². The third kappa shape index (κ3) is 12.5. The number of aliphatic carboxylic acids is 1. The van der Waals surface area contributed by atoms with E-state index in [1.165, 1.54) is 0 Å². The molecule has 0 aliphatic heterocycles. The summed E-state index contributed by atoms with van der Waals surface area (Å²) in [5.74, 6) is -2.46. The quantitative estimate of drug-likeness (QED) is 0.166. The first kappa shape index (κ1) is 32.7. The summed E-state index contributed by atoms with van der Waals surface area (Å²) < 4.78 is 37.6. The van der Waals surface area contributed by atoms with Crippen LogP contribution >= 0.6 is 0 Å². The van der Waals surface area contributed by atoms with Gasteiger partial charge in [-0.2, -0.15) is 13.2 Å². The van der Waals surface area contributed by atoms with Crippen molar-refractivity contribution in [3.8, 4) is 5.75 Å². The summed E-state index contributed by atoms with van der Waals surface area (Å²) >= 11 is 0. The molecular formula is C30H34F3N3O5. The topological polar surface area (TPSA) is 131 Å². The SMILES string of the molecule is CCCCCC(=O)N[C@H](C(=O)NCc1ccc(N)cc1)c1ccc(OCc2ccccc2)cc1.O=C(O)C(F)(F)F. The predicted molar refractivity (Wildman–Crippen MR) is 149 cm³/mol. The number of carboxylic acids is 1. The molecule has 0 saturated carbocycles. The average molecular weight is 574 g/mol. The maximum atomic E-state index is 13.1. The summed E-state index contributed by atoms with van der Waals surface area (Å²) in [7, 11) is 0. The maximum Gasteiger partial charge on any atom is 0.490 e. The second kappa shape index (κ2) is 16.5. The van der Waals surface area contributed by atoms with E-state index in [0.717, 1.165) is 30.4 Å². The number of anilines is 1. The van der Waals surface area contributed by atoms with Gasteiger partial charge in [-0.1, -0.05) is 74.4 Å². The van der Waals surface area contributed by atoms with Crippen LogP contribution in [0.25, 0.3) is 0 Å². The van der Waals surface area contributed by atoms with Crippen molar-refractivity contribution < 1.29 is 37.4 Å². The normalized spacial score (nSPS) is 11.4. The minimum Gasteiger partial charge on any atom is -0.489 e. The second-order valence-corrected chi connectivity index (χ2v) is 9.06. The van der Waals surface area contributed by atoms with Gasteiger partial charge in [-0.25, -0.2) is 4.79 Å². The van der Waals surface area contributed by atoms with Gasteiger partial charge in [-0.3, -0.25) is 9.59 Å². The largest absolute Gasteiger partial charge is 0.490 e. The first-order valence-corrected chi connectivity index (χ1v) is 13.0. The number of rotatable bonds is 12. The molecule has 2 amide bonds. The van der Waals surface area contributed by atoms with Crippen molar-refractivity contribution in [1.82, 2.24) is 10.6 Å². The van der Waals surface area contributed by atoms with Gasteiger partial charge >= 0.3 is 12.1 Å². The zero-order valence-corrected chi connectivity index (χ0v) is 22.6. The van der Waals surface area contributed by atoms with Crippen LogP contribution in [0.1, 0.15) is 55.3 Å². The number of carbonyl (C=O) groups is 3. The van der Waals surface area contributed by atoms with Crippen molar-refractivity contribution in [3.05, 3.63) is 95.6 Å². The fourth-order valence-corrected chi connectivity index (χ4v) is 3.49. The molecule has 0 heterocycles. The second-order valence-electron chi connectivity index (χ2n) is 9.06. The van der Waals surface area contributed by atoms with E-state index < -0.39 is 18.2 Å². The number of amides is 2. The number of hydrogen-bond acceptors (Lipinski definition) is 5. The number of carboxylic acid groups (broad SMARTS) is 1. The smallest absolute Gasteiger partial charge is 0.489 e. The highest BCUT2D eigenvalue weighted by Crippen LogP contribution is 2.20. The van der Waals surface area contributed by atoms with E-state index in [2.05, 4.69) is 17.6 Å². The first-order valence-electron chi connectivity index (χ1n) is 13.0. The van der Waals surface area contributed by atoms with Gasteiger partial charge in [0.05, 0.1) is 0 Å². The number of unbranched alkanes of at least 4 members (excludes halogenated alkanes) is 2. The summed E-state index contributed by atoms with van der Waals surface area (Å²) in [4.78, 5) is 34.5. The Bertz CT molecular complexity index is 1230. The van der Waals surface area contributed by atoms with Gasteiger partial charge in [0.15, 0.2) is 0 Å². The van der Waals surface area contributed by atoms with Crippen LogP contribution in [-0.2, 0) is 27.5 Å². The highest BCUT2D eigenvalue weighted by atomic mass is 19.4. The molecule has 1 atom stereocenters. The number of nitrogens with one attached hydrogen (secondary N) is 2. The Kier molecular flexibility index (Phi) is 13.2. The Morgan fingerprint density at radius 2 is 1.51 bits per heavy atom. The molecule has 11 heteroatoms. The summed E-state index contributed by atoms with van der Waals surface area (Å²) in [5.41, 5.74) is 9.11. The highest BCUT2D eigenvalue weighted by Gasteiger charge is 2.38. The van der Waals surface area contributed by atoms with Gasteiger partial charge < -0.3 is 26.2 Å². The van der Waals surface area contributed by atoms with E-state index in [0.29, 0.717) is 36.6 Å². The van der Waals surface area contributed by atoms with E-state index in [1.807, 2.05) is 66.7 Å². The zero-order chi connectivity index (χ0) is 30.3. The third-order valence-corrected chi connectivity index (χ3v) is 5.73. The lowest BCUT2D eigenvalue weighted by Crippen LogP contribution is -2.40. The molecule has 3 aromatic rings. The molecule has 0 bridgehead atoms. The molecular weight excluding hydrogens is 539 g/mol. The van der Waals surface area contributed by atoms with Crippen LogP contribution in [0, 0.1) is 0 Å². The first-order chi connectivity index (χ1) is 19.5. The molecule has 220 valence electrons. The van der Waals surface area contributed by atoms with E-state index in [4.69, 9.17) is 20.4 Å². The van der Waals surface area contributed by atoms with Crippen LogP contribution in [-0.4, -0.2) is 29.1 Å². The van der Waals surface area contributed by atoms with Crippen molar-refractivity contribution in [3.63, 3.8) is 0 Å². The molecule has 0 saturated heterocycles. The number of benzene rings is 3. The number of nitrogens with two attached hydrogens (primary N) is 1. The number of ether oxygens (including phenoxy) is 1. The number of halogens is 3. The monoisotopic (exact) mass is 573 g/mol. The maximum absolute atomic E-state index is 13.1. The van der Waals surface area contributed by atoms with Gasteiger partial charge in [0.2, 0.25) is 11.8 Å². The summed E-state index contributed by atoms with van der Waals surface area (Å²) in [6.07, 6.45) is -1.87. The zero-order valence-electron chi connectivity index (χ0n) is 22.6.